The van der Waals surface area contributed by atoms with Gasteiger partial charge in [0.15, 0.2) is 0 Å². The predicted octanol–water partition coefficient (Wildman–Crippen LogP) is 6.12. The number of nitro groups is 1. The number of anilines is 1. The van der Waals surface area contributed by atoms with Crippen molar-refractivity contribution >= 4 is 51.4 Å². The number of amides is 1. The van der Waals surface area contributed by atoms with Crippen molar-refractivity contribution in [1.29, 1.82) is 0 Å². The summed E-state index contributed by atoms with van der Waals surface area (Å²) in [5, 5.41) is 23.9. The van der Waals surface area contributed by atoms with Crippen LogP contribution < -0.4 is 5.32 Å². The molecule has 1 N–H and O–H groups in total. The van der Waals surface area contributed by atoms with Gasteiger partial charge in [0.05, 0.1) is 20.9 Å². The van der Waals surface area contributed by atoms with Gasteiger partial charge in [-0.3, -0.25) is 14.9 Å². The van der Waals surface area contributed by atoms with Gasteiger partial charge in [0.1, 0.15) is 16.5 Å². The lowest BCUT2D eigenvalue weighted by molar-refractivity contribution is -0.384. The highest BCUT2D eigenvalue weighted by molar-refractivity contribution is 8.00. The highest BCUT2D eigenvalue weighted by Gasteiger charge is 2.20. The molecule has 3 aromatic carbocycles. The molecule has 7 nitrogen and oxygen atoms in total. The van der Waals surface area contributed by atoms with E-state index >= 15 is 0 Å². The molecule has 4 rings (SSSR count). The lowest BCUT2D eigenvalue weighted by Gasteiger charge is -2.14. The van der Waals surface area contributed by atoms with Gasteiger partial charge in [-0.1, -0.05) is 47.6 Å². The van der Waals surface area contributed by atoms with Crippen LogP contribution in [0.1, 0.15) is 6.92 Å². The number of hydrogen-bond donors (Lipinski definition) is 1. The van der Waals surface area contributed by atoms with Gasteiger partial charge >= 0.3 is 0 Å². The minimum atomic E-state index is -0.564. The van der Waals surface area contributed by atoms with Crippen molar-refractivity contribution in [2.24, 2.45) is 0 Å². The van der Waals surface area contributed by atoms with E-state index in [2.05, 4.69) is 15.5 Å². The van der Waals surface area contributed by atoms with E-state index in [9.17, 15) is 19.3 Å². The maximum atomic E-state index is 13.3. The van der Waals surface area contributed by atoms with Gasteiger partial charge in [-0.2, -0.15) is 0 Å². The average Bonchev–Trinajstić information content (AvgIpc) is 2.81. The second-order valence-corrected chi connectivity index (χ2v) is 8.81. The number of halogens is 2. The maximum Gasteiger partial charge on any atom is 0.271 e. The fourth-order valence-corrected chi connectivity index (χ4v) is 4.28. The Labute approximate surface area is 197 Å². The zero-order chi connectivity index (χ0) is 23.5. The summed E-state index contributed by atoms with van der Waals surface area (Å²) >= 11 is 7.30. The number of non-ortho nitro benzene ring substituents is 1. The van der Waals surface area contributed by atoms with Crippen LogP contribution >= 0.6 is 23.4 Å². The highest BCUT2D eigenvalue weighted by Crippen LogP contribution is 2.34. The molecule has 0 spiro atoms. The van der Waals surface area contributed by atoms with E-state index in [-0.39, 0.29) is 28.1 Å². The van der Waals surface area contributed by atoms with Crippen molar-refractivity contribution in [3.05, 3.63) is 87.7 Å². The fourth-order valence-electron chi connectivity index (χ4n) is 3.16. The molecule has 0 bridgehead atoms. The van der Waals surface area contributed by atoms with E-state index in [1.54, 1.807) is 19.1 Å². The van der Waals surface area contributed by atoms with Crippen molar-refractivity contribution < 1.29 is 14.1 Å². The molecule has 1 unspecified atom stereocenters. The van der Waals surface area contributed by atoms with Gasteiger partial charge in [-0.05, 0) is 37.3 Å². The van der Waals surface area contributed by atoms with Crippen molar-refractivity contribution in [3.63, 3.8) is 0 Å². The van der Waals surface area contributed by atoms with Crippen LogP contribution in [0.5, 0.6) is 0 Å². The molecule has 0 aliphatic rings. The molecule has 4 aromatic rings. The van der Waals surface area contributed by atoms with Crippen molar-refractivity contribution in [3.8, 4) is 11.3 Å². The van der Waals surface area contributed by atoms with Crippen LogP contribution in [-0.2, 0) is 4.79 Å². The Balaban J connectivity index is 1.57. The summed E-state index contributed by atoms with van der Waals surface area (Å²) < 4.78 is 13.3. The van der Waals surface area contributed by atoms with Crippen molar-refractivity contribution in [2.75, 3.05) is 5.32 Å². The first-order valence-electron chi connectivity index (χ1n) is 9.76. The molecule has 1 amide bonds. The highest BCUT2D eigenvalue weighted by atomic mass is 35.5. The first-order chi connectivity index (χ1) is 15.8. The Kier molecular flexibility index (Phi) is 6.52. The molecule has 1 heterocycles. The molecular weight excluding hydrogens is 467 g/mol. The smallest absolute Gasteiger partial charge is 0.271 e. The monoisotopic (exact) mass is 482 g/mol. The largest absolute Gasteiger partial charge is 0.324 e. The Bertz CT molecular complexity index is 1370. The number of thioether (sulfide) groups is 1. The summed E-state index contributed by atoms with van der Waals surface area (Å²) in [4.78, 5) is 23.0. The van der Waals surface area contributed by atoms with Crippen molar-refractivity contribution in [1.82, 2.24) is 10.2 Å². The summed E-state index contributed by atoms with van der Waals surface area (Å²) in [6.45, 7) is 1.71. The van der Waals surface area contributed by atoms with Crippen LogP contribution in [0.15, 0.2) is 71.8 Å². The molecule has 0 saturated carbocycles. The number of carbonyl (C=O) groups is 1. The number of rotatable bonds is 6. The Morgan fingerprint density at radius 1 is 1.09 bits per heavy atom. The van der Waals surface area contributed by atoms with E-state index < -0.39 is 10.2 Å². The van der Waals surface area contributed by atoms with Gasteiger partial charge in [-0.15, -0.1) is 10.2 Å². The lowest BCUT2D eigenvalue weighted by atomic mass is 10.1. The normalized spacial score (nSPS) is 11.8. The van der Waals surface area contributed by atoms with Crippen molar-refractivity contribution in [2.45, 2.75) is 17.2 Å². The SMILES string of the molecule is CC(Sc1nnc(-c2ccc(F)cc2)c2ccccc12)C(=O)Nc1ccc([N+](=O)[O-])cc1Cl. The molecule has 0 radical (unpaired) electrons. The fraction of sp³-hybridized carbons (Fsp3) is 0.0870. The second kappa shape index (κ2) is 9.51. The predicted molar refractivity (Wildman–Crippen MR) is 127 cm³/mol. The van der Waals surface area contributed by atoms with Crippen LogP contribution in [0.4, 0.5) is 15.8 Å². The number of aromatic nitrogens is 2. The molecule has 166 valence electrons. The maximum absolute atomic E-state index is 13.3. The first-order valence-corrected chi connectivity index (χ1v) is 11.0. The van der Waals surface area contributed by atoms with Gasteiger partial charge < -0.3 is 5.32 Å². The molecule has 1 atom stereocenters. The van der Waals surface area contributed by atoms with E-state index in [1.165, 1.54) is 42.1 Å². The summed E-state index contributed by atoms with van der Waals surface area (Å²) in [5.41, 5.74) is 1.46. The molecule has 33 heavy (non-hydrogen) atoms. The molecule has 0 aliphatic carbocycles. The summed E-state index contributed by atoms with van der Waals surface area (Å²) in [5.74, 6) is -0.680. The zero-order valence-corrected chi connectivity index (χ0v) is 18.7. The number of fused-ring (bicyclic) bond motifs is 1. The van der Waals surface area contributed by atoms with E-state index in [0.717, 1.165) is 16.3 Å². The van der Waals surface area contributed by atoms with Gasteiger partial charge in [0.25, 0.3) is 5.69 Å². The zero-order valence-electron chi connectivity index (χ0n) is 17.2. The quantitative estimate of drug-likeness (QED) is 0.202. The van der Waals surface area contributed by atoms with Gasteiger partial charge in [-0.25, -0.2) is 4.39 Å². The molecule has 0 saturated heterocycles. The average molecular weight is 483 g/mol. The third-order valence-corrected chi connectivity index (χ3v) is 6.26. The van der Waals surface area contributed by atoms with Crippen LogP contribution in [0.2, 0.25) is 5.02 Å². The van der Waals surface area contributed by atoms with Gasteiger partial charge in [0.2, 0.25) is 5.91 Å². The second-order valence-electron chi connectivity index (χ2n) is 7.08. The Morgan fingerprint density at radius 2 is 1.79 bits per heavy atom. The molecular formula is C23H16ClFN4O3S. The first kappa shape index (κ1) is 22.6. The van der Waals surface area contributed by atoms with E-state index in [0.29, 0.717) is 10.7 Å². The van der Waals surface area contributed by atoms with E-state index in [1.807, 2.05) is 24.3 Å². The third-order valence-electron chi connectivity index (χ3n) is 4.85. The number of carbonyl (C=O) groups excluding carboxylic acids is 1. The molecule has 1 aromatic heterocycles. The van der Waals surface area contributed by atoms with Crippen LogP contribution in [0.3, 0.4) is 0 Å². The van der Waals surface area contributed by atoms with Crippen LogP contribution in [-0.4, -0.2) is 26.3 Å². The van der Waals surface area contributed by atoms with Crippen LogP contribution in [0.25, 0.3) is 22.0 Å². The van der Waals surface area contributed by atoms with Crippen LogP contribution in [0, 0.1) is 15.9 Å². The molecule has 10 heteroatoms. The standard InChI is InChI=1S/C23H16ClFN4O3S/c1-13(22(30)26-20-11-10-16(29(31)32)12-19(20)24)33-23-18-5-3-2-4-17(18)21(27-28-23)14-6-8-15(25)9-7-14/h2-13H,1H3,(H,26,30). The number of nitrogens with zero attached hydrogens (tertiary/aromatic N) is 3. The van der Waals surface area contributed by atoms with Gasteiger partial charge in [0, 0.05) is 28.5 Å². The third kappa shape index (κ3) is 4.94. The summed E-state index contributed by atoms with van der Waals surface area (Å²) in [6, 6.07) is 17.4. The number of nitrogens with one attached hydrogen (secondary N) is 1. The number of benzene rings is 3. The summed E-state index contributed by atoms with van der Waals surface area (Å²) in [6.07, 6.45) is 0. The summed E-state index contributed by atoms with van der Waals surface area (Å²) in [7, 11) is 0. The molecule has 0 aliphatic heterocycles. The molecule has 0 fully saturated rings. The Morgan fingerprint density at radius 3 is 2.45 bits per heavy atom. The number of hydrogen-bond acceptors (Lipinski definition) is 6. The lowest BCUT2D eigenvalue weighted by Crippen LogP contribution is -2.22. The Hall–Kier alpha value is -3.56. The topological polar surface area (TPSA) is 98.0 Å². The minimum Gasteiger partial charge on any atom is -0.324 e. The minimum absolute atomic E-state index is 0.0728. The number of nitro benzene ring substituents is 1. The van der Waals surface area contributed by atoms with E-state index in [4.69, 9.17) is 11.6 Å².